The Hall–Kier alpha value is -3.41. The van der Waals surface area contributed by atoms with Crippen LogP contribution in [0.5, 0.6) is 0 Å². The third-order valence-electron chi connectivity index (χ3n) is 6.59. The molecule has 0 aliphatic heterocycles. The van der Waals surface area contributed by atoms with E-state index in [0.717, 1.165) is 13.4 Å². The van der Waals surface area contributed by atoms with Gasteiger partial charge < -0.3 is 10.2 Å². The van der Waals surface area contributed by atoms with Crippen LogP contribution in [0, 0.1) is 3.57 Å². The smallest absolute Gasteiger partial charge is 0.264 e. The Morgan fingerprint density at radius 1 is 0.857 bits per heavy atom. The van der Waals surface area contributed by atoms with Crippen molar-refractivity contribution in [1.29, 1.82) is 0 Å². The van der Waals surface area contributed by atoms with Gasteiger partial charge in [-0.25, -0.2) is 8.42 Å². The molecule has 4 aromatic rings. The van der Waals surface area contributed by atoms with Gasteiger partial charge >= 0.3 is 0 Å². The molecule has 0 heterocycles. The first kappa shape index (κ1) is 31.5. The monoisotopic (exact) mass is 715 g/mol. The molecule has 0 spiro atoms. The van der Waals surface area contributed by atoms with E-state index < -0.39 is 28.5 Å². The van der Waals surface area contributed by atoms with Gasteiger partial charge in [-0.2, -0.15) is 0 Å². The number of nitrogens with one attached hydrogen (secondary N) is 1. The van der Waals surface area contributed by atoms with E-state index in [0.29, 0.717) is 22.8 Å². The molecule has 10 heteroatoms. The van der Waals surface area contributed by atoms with Crippen molar-refractivity contribution in [2.24, 2.45) is 0 Å². The predicted octanol–water partition coefficient (Wildman–Crippen LogP) is 5.92. The molecule has 0 radical (unpaired) electrons. The molecular formula is C32H31ClIN3O4S. The summed E-state index contributed by atoms with van der Waals surface area (Å²) in [6.45, 7) is 1.73. The Bertz CT molecular complexity index is 1600. The van der Waals surface area contributed by atoms with E-state index >= 15 is 0 Å². The van der Waals surface area contributed by atoms with Gasteiger partial charge in [0.2, 0.25) is 11.8 Å². The minimum absolute atomic E-state index is 0.0555. The van der Waals surface area contributed by atoms with Crippen LogP contribution in [-0.4, -0.2) is 44.3 Å². The molecule has 0 fully saturated rings. The number of halogens is 2. The SMILES string of the molecule is CCNC(=O)[C@H](Cc1ccccc1)N(Cc1cccc(Cl)c1)C(=O)CN(c1ccc(I)cc1)S(=O)(=O)c1ccccc1. The van der Waals surface area contributed by atoms with Crippen LogP contribution < -0.4 is 9.62 Å². The van der Waals surface area contributed by atoms with E-state index in [1.165, 1.54) is 17.0 Å². The van der Waals surface area contributed by atoms with Gasteiger partial charge in [0.15, 0.2) is 0 Å². The van der Waals surface area contributed by atoms with Gasteiger partial charge in [-0.15, -0.1) is 0 Å². The lowest BCUT2D eigenvalue weighted by atomic mass is 10.0. The largest absolute Gasteiger partial charge is 0.355 e. The third kappa shape index (κ3) is 8.11. The minimum Gasteiger partial charge on any atom is -0.355 e. The predicted molar refractivity (Wildman–Crippen MR) is 175 cm³/mol. The zero-order chi connectivity index (χ0) is 30.1. The summed E-state index contributed by atoms with van der Waals surface area (Å²) >= 11 is 8.40. The molecule has 0 saturated carbocycles. The second kappa shape index (κ2) is 14.7. The number of hydrogen-bond donors (Lipinski definition) is 1. The number of sulfonamides is 1. The molecule has 0 aliphatic carbocycles. The van der Waals surface area contributed by atoms with E-state index in [4.69, 9.17) is 11.6 Å². The summed E-state index contributed by atoms with van der Waals surface area (Å²) in [6, 6.07) is 30.5. The van der Waals surface area contributed by atoms with Crippen molar-refractivity contribution in [3.8, 4) is 0 Å². The highest BCUT2D eigenvalue weighted by Gasteiger charge is 2.34. The third-order valence-corrected chi connectivity index (χ3v) is 9.33. The second-order valence-corrected chi connectivity index (χ2v) is 13.1. The Morgan fingerprint density at radius 3 is 2.10 bits per heavy atom. The molecule has 4 aromatic carbocycles. The number of rotatable bonds is 12. The average Bonchev–Trinajstić information content (AvgIpc) is 2.99. The van der Waals surface area contributed by atoms with Crippen LogP contribution in [0.2, 0.25) is 5.02 Å². The first-order valence-corrected chi connectivity index (χ1v) is 16.3. The zero-order valence-corrected chi connectivity index (χ0v) is 26.7. The first-order valence-electron chi connectivity index (χ1n) is 13.4. The molecule has 4 rings (SSSR count). The Labute approximate surface area is 265 Å². The topological polar surface area (TPSA) is 86.8 Å². The highest BCUT2D eigenvalue weighted by Crippen LogP contribution is 2.26. The van der Waals surface area contributed by atoms with E-state index in [1.54, 1.807) is 60.7 Å². The minimum atomic E-state index is -4.13. The molecule has 0 saturated heterocycles. The maximum Gasteiger partial charge on any atom is 0.264 e. The van der Waals surface area contributed by atoms with Crippen LogP contribution in [0.3, 0.4) is 0 Å². The van der Waals surface area contributed by atoms with Gasteiger partial charge in [-0.3, -0.25) is 13.9 Å². The molecule has 42 heavy (non-hydrogen) atoms. The standard InChI is InChI=1S/C32H31ClIN3O4S/c1-2-35-32(39)30(21-24-10-5-3-6-11-24)36(22-25-12-9-13-26(33)20-25)31(38)23-37(28-18-16-27(34)17-19-28)42(40,41)29-14-7-4-8-15-29/h3-20,30H,2,21-23H2,1H3,(H,35,39)/t30-/m0/s1. The lowest BCUT2D eigenvalue weighted by molar-refractivity contribution is -0.140. The molecule has 0 unspecified atom stereocenters. The zero-order valence-electron chi connectivity index (χ0n) is 23.0. The van der Waals surface area contributed by atoms with Gasteiger partial charge in [-0.1, -0.05) is 72.3 Å². The van der Waals surface area contributed by atoms with Crippen molar-refractivity contribution in [2.45, 2.75) is 30.8 Å². The quantitative estimate of drug-likeness (QED) is 0.185. The Morgan fingerprint density at radius 2 is 1.48 bits per heavy atom. The number of carbonyl (C=O) groups is 2. The maximum absolute atomic E-state index is 14.3. The summed E-state index contributed by atoms with van der Waals surface area (Å²) < 4.78 is 29.9. The lowest BCUT2D eigenvalue weighted by Gasteiger charge is -2.34. The number of carbonyl (C=O) groups excluding carboxylic acids is 2. The maximum atomic E-state index is 14.3. The van der Waals surface area contributed by atoms with Crippen LogP contribution in [-0.2, 0) is 32.6 Å². The molecule has 7 nitrogen and oxygen atoms in total. The van der Waals surface area contributed by atoms with Crippen molar-refractivity contribution < 1.29 is 18.0 Å². The van der Waals surface area contributed by atoms with E-state index in [9.17, 15) is 18.0 Å². The van der Waals surface area contributed by atoms with Gasteiger partial charge in [-0.05, 0) is 89.2 Å². The highest BCUT2D eigenvalue weighted by atomic mass is 127. The molecule has 218 valence electrons. The summed E-state index contributed by atoms with van der Waals surface area (Å²) in [5.41, 5.74) is 1.92. The molecule has 1 atom stereocenters. The van der Waals surface area contributed by atoms with Crippen molar-refractivity contribution in [3.63, 3.8) is 0 Å². The van der Waals surface area contributed by atoms with Crippen LogP contribution >= 0.6 is 34.2 Å². The van der Waals surface area contributed by atoms with Crippen LogP contribution in [0.1, 0.15) is 18.1 Å². The van der Waals surface area contributed by atoms with Gasteiger partial charge in [0.25, 0.3) is 10.0 Å². The average molecular weight is 716 g/mol. The summed E-state index contributed by atoms with van der Waals surface area (Å²) in [5.74, 6) is -0.858. The van der Waals surface area contributed by atoms with Crippen molar-refractivity contribution >= 4 is 61.7 Å². The van der Waals surface area contributed by atoms with Crippen molar-refractivity contribution in [2.75, 3.05) is 17.4 Å². The van der Waals surface area contributed by atoms with Crippen LogP contribution in [0.4, 0.5) is 5.69 Å². The molecule has 0 aromatic heterocycles. The Kier molecular flexibility index (Phi) is 11.0. The van der Waals surface area contributed by atoms with E-state index in [1.807, 2.05) is 43.3 Å². The number of nitrogens with zero attached hydrogens (tertiary/aromatic N) is 2. The molecule has 0 bridgehead atoms. The summed E-state index contributed by atoms with van der Waals surface area (Å²) in [6.07, 6.45) is 0.244. The van der Waals surface area contributed by atoms with E-state index in [-0.39, 0.29) is 23.8 Å². The highest BCUT2D eigenvalue weighted by molar-refractivity contribution is 14.1. The van der Waals surface area contributed by atoms with E-state index in [2.05, 4.69) is 27.9 Å². The number of likely N-dealkylation sites (N-methyl/N-ethyl adjacent to an activating group) is 1. The second-order valence-electron chi connectivity index (χ2n) is 9.55. The number of benzene rings is 4. The number of amides is 2. The molecule has 2 amide bonds. The normalized spacial score (nSPS) is 11.9. The van der Waals surface area contributed by atoms with Gasteiger partial charge in [0, 0.05) is 28.1 Å². The molecular weight excluding hydrogens is 685 g/mol. The fourth-order valence-corrected chi connectivity index (χ4v) is 6.54. The van der Waals surface area contributed by atoms with Crippen LogP contribution in [0.25, 0.3) is 0 Å². The van der Waals surface area contributed by atoms with Crippen molar-refractivity contribution in [3.05, 3.63) is 129 Å². The first-order chi connectivity index (χ1) is 20.2. The van der Waals surface area contributed by atoms with Crippen LogP contribution in [0.15, 0.2) is 114 Å². The summed E-state index contributed by atoms with van der Waals surface area (Å²) in [5, 5.41) is 3.34. The van der Waals surface area contributed by atoms with Gasteiger partial charge in [0.05, 0.1) is 10.6 Å². The fourth-order valence-electron chi connectivity index (χ4n) is 4.53. The number of hydrogen-bond acceptors (Lipinski definition) is 4. The van der Waals surface area contributed by atoms with Gasteiger partial charge in [0.1, 0.15) is 12.6 Å². The number of anilines is 1. The summed E-state index contributed by atoms with van der Waals surface area (Å²) in [7, 11) is -4.13. The van der Waals surface area contributed by atoms with Crippen molar-refractivity contribution in [1.82, 2.24) is 10.2 Å². The molecule has 1 N–H and O–H groups in total. The fraction of sp³-hybridized carbons (Fsp3) is 0.188. The lowest BCUT2D eigenvalue weighted by Crippen LogP contribution is -2.53. The Balaban J connectivity index is 1.78. The summed E-state index contributed by atoms with van der Waals surface area (Å²) in [4.78, 5) is 29.3. The molecule has 0 aliphatic rings.